The van der Waals surface area contributed by atoms with Crippen LogP contribution in [0.15, 0.2) is 12.2 Å². The SMILES string of the molecule is CC(C)(O)CCNCC1CC=CCC1. The molecular formula is C12H23NO. The molecule has 0 aromatic carbocycles. The first-order valence-corrected chi connectivity index (χ1v) is 5.66. The second kappa shape index (κ2) is 5.52. The number of hydrogen-bond donors (Lipinski definition) is 2. The predicted octanol–water partition coefficient (Wildman–Crippen LogP) is 2.09. The van der Waals surface area contributed by atoms with Gasteiger partial charge in [0.25, 0.3) is 0 Å². The molecule has 0 radical (unpaired) electrons. The first-order valence-electron chi connectivity index (χ1n) is 5.66. The van der Waals surface area contributed by atoms with Crippen LogP contribution in [-0.2, 0) is 0 Å². The zero-order chi connectivity index (χ0) is 10.4. The van der Waals surface area contributed by atoms with Crippen LogP contribution in [0.4, 0.5) is 0 Å². The molecule has 0 fully saturated rings. The molecule has 1 atom stereocenters. The average Bonchev–Trinajstić information content (AvgIpc) is 2.13. The Bertz CT molecular complexity index is 181. The number of aliphatic hydroxyl groups is 1. The van der Waals surface area contributed by atoms with Crippen molar-refractivity contribution < 1.29 is 5.11 Å². The van der Waals surface area contributed by atoms with Gasteiger partial charge in [-0.25, -0.2) is 0 Å². The molecule has 2 N–H and O–H groups in total. The quantitative estimate of drug-likeness (QED) is 0.522. The van der Waals surface area contributed by atoms with Crippen molar-refractivity contribution in [2.75, 3.05) is 13.1 Å². The second-order valence-electron chi connectivity index (χ2n) is 4.92. The van der Waals surface area contributed by atoms with Gasteiger partial charge in [-0.1, -0.05) is 12.2 Å². The van der Waals surface area contributed by atoms with Crippen molar-refractivity contribution in [3.05, 3.63) is 12.2 Å². The molecule has 1 aliphatic carbocycles. The summed E-state index contributed by atoms with van der Waals surface area (Å²) in [7, 11) is 0. The molecule has 1 unspecified atom stereocenters. The maximum Gasteiger partial charge on any atom is 0.0603 e. The topological polar surface area (TPSA) is 32.3 Å². The van der Waals surface area contributed by atoms with Crippen LogP contribution < -0.4 is 5.32 Å². The van der Waals surface area contributed by atoms with Crippen molar-refractivity contribution in [2.45, 2.75) is 45.1 Å². The van der Waals surface area contributed by atoms with Crippen LogP contribution in [0, 0.1) is 5.92 Å². The van der Waals surface area contributed by atoms with Crippen molar-refractivity contribution in [3.63, 3.8) is 0 Å². The fraction of sp³-hybridized carbons (Fsp3) is 0.833. The van der Waals surface area contributed by atoms with Crippen LogP contribution in [0.2, 0.25) is 0 Å². The van der Waals surface area contributed by atoms with Crippen LogP contribution in [-0.4, -0.2) is 23.8 Å². The summed E-state index contributed by atoms with van der Waals surface area (Å²) in [5, 5.41) is 12.9. The molecule has 82 valence electrons. The summed E-state index contributed by atoms with van der Waals surface area (Å²) in [6.07, 6.45) is 9.15. The zero-order valence-corrected chi connectivity index (χ0v) is 9.42. The first kappa shape index (κ1) is 11.7. The third-order valence-corrected chi connectivity index (χ3v) is 2.72. The van der Waals surface area contributed by atoms with Crippen molar-refractivity contribution in [1.29, 1.82) is 0 Å². The predicted molar refractivity (Wildman–Crippen MR) is 60.3 cm³/mol. The summed E-state index contributed by atoms with van der Waals surface area (Å²) >= 11 is 0. The molecule has 1 aliphatic rings. The van der Waals surface area contributed by atoms with Gasteiger partial charge in [0.1, 0.15) is 0 Å². The standard InChI is InChI=1S/C12H23NO/c1-12(2,14)8-9-13-10-11-6-4-3-5-7-11/h3-4,11,13-14H,5-10H2,1-2H3. The third kappa shape index (κ3) is 5.40. The molecule has 1 rings (SSSR count). The maximum absolute atomic E-state index is 9.50. The highest BCUT2D eigenvalue weighted by molar-refractivity contribution is 4.90. The molecule has 0 saturated carbocycles. The molecule has 0 saturated heterocycles. The molecule has 0 aliphatic heterocycles. The lowest BCUT2D eigenvalue weighted by Crippen LogP contribution is -2.30. The normalized spacial score (nSPS) is 22.6. The minimum atomic E-state index is -0.528. The van der Waals surface area contributed by atoms with Crippen LogP contribution >= 0.6 is 0 Å². The number of rotatable bonds is 5. The average molecular weight is 197 g/mol. The smallest absolute Gasteiger partial charge is 0.0603 e. The zero-order valence-electron chi connectivity index (χ0n) is 9.42. The summed E-state index contributed by atoms with van der Waals surface area (Å²) in [6, 6.07) is 0. The highest BCUT2D eigenvalue weighted by atomic mass is 16.3. The lowest BCUT2D eigenvalue weighted by molar-refractivity contribution is 0.0709. The van der Waals surface area contributed by atoms with Gasteiger partial charge in [0.2, 0.25) is 0 Å². The van der Waals surface area contributed by atoms with E-state index in [-0.39, 0.29) is 0 Å². The molecule has 0 aromatic heterocycles. The molecule has 0 heterocycles. The maximum atomic E-state index is 9.50. The van der Waals surface area contributed by atoms with Gasteiger partial charge in [0.15, 0.2) is 0 Å². The Morgan fingerprint density at radius 2 is 2.21 bits per heavy atom. The van der Waals surface area contributed by atoms with Gasteiger partial charge in [-0.2, -0.15) is 0 Å². The second-order valence-corrected chi connectivity index (χ2v) is 4.92. The molecule has 0 aromatic rings. The Morgan fingerprint density at radius 3 is 2.79 bits per heavy atom. The van der Waals surface area contributed by atoms with E-state index in [4.69, 9.17) is 0 Å². The van der Waals surface area contributed by atoms with E-state index in [1.165, 1.54) is 19.3 Å². The minimum absolute atomic E-state index is 0.528. The Labute approximate surface area is 87.4 Å². The van der Waals surface area contributed by atoms with Gasteiger partial charge in [-0.3, -0.25) is 0 Å². The van der Waals surface area contributed by atoms with Crippen molar-refractivity contribution in [2.24, 2.45) is 5.92 Å². The minimum Gasteiger partial charge on any atom is -0.390 e. The number of hydrogen-bond acceptors (Lipinski definition) is 2. The van der Waals surface area contributed by atoms with Crippen molar-refractivity contribution in [1.82, 2.24) is 5.32 Å². The summed E-state index contributed by atoms with van der Waals surface area (Å²) < 4.78 is 0. The Balaban J connectivity index is 2.01. The Morgan fingerprint density at radius 1 is 1.43 bits per heavy atom. The lowest BCUT2D eigenvalue weighted by atomic mass is 9.94. The molecule has 2 heteroatoms. The number of allylic oxidation sites excluding steroid dienone is 2. The summed E-state index contributed by atoms with van der Waals surface area (Å²) in [6.45, 7) is 5.74. The lowest BCUT2D eigenvalue weighted by Gasteiger charge is -2.20. The Kier molecular flexibility index (Phi) is 4.63. The van der Waals surface area contributed by atoms with E-state index < -0.39 is 5.60 Å². The van der Waals surface area contributed by atoms with Crippen LogP contribution in [0.3, 0.4) is 0 Å². The Hall–Kier alpha value is -0.340. The molecule has 14 heavy (non-hydrogen) atoms. The van der Waals surface area contributed by atoms with Crippen molar-refractivity contribution >= 4 is 0 Å². The van der Waals surface area contributed by atoms with Gasteiger partial charge >= 0.3 is 0 Å². The molecule has 0 bridgehead atoms. The first-order chi connectivity index (χ1) is 6.58. The van der Waals surface area contributed by atoms with E-state index in [0.29, 0.717) is 0 Å². The van der Waals surface area contributed by atoms with E-state index in [2.05, 4.69) is 17.5 Å². The monoisotopic (exact) mass is 197 g/mol. The van der Waals surface area contributed by atoms with E-state index in [1.54, 1.807) is 0 Å². The molecular weight excluding hydrogens is 174 g/mol. The van der Waals surface area contributed by atoms with Gasteiger partial charge in [-0.15, -0.1) is 0 Å². The molecule has 2 nitrogen and oxygen atoms in total. The summed E-state index contributed by atoms with van der Waals surface area (Å²) in [5.74, 6) is 0.807. The largest absolute Gasteiger partial charge is 0.390 e. The molecule has 0 spiro atoms. The molecule has 0 amide bonds. The number of nitrogens with one attached hydrogen (secondary N) is 1. The van der Waals surface area contributed by atoms with Gasteiger partial charge in [0, 0.05) is 0 Å². The van der Waals surface area contributed by atoms with E-state index >= 15 is 0 Å². The van der Waals surface area contributed by atoms with Gasteiger partial charge in [-0.05, 0) is 58.5 Å². The van der Waals surface area contributed by atoms with E-state index in [0.717, 1.165) is 25.4 Å². The van der Waals surface area contributed by atoms with E-state index in [1.807, 2.05) is 13.8 Å². The fourth-order valence-corrected chi connectivity index (χ4v) is 1.74. The van der Waals surface area contributed by atoms with Gasteiger partial charge < -0.3 is 10.4 Å². The van der Waals surface area contributed by atoms with E-state index in [9.17, 15) is 5.11 Å². The highest BCUT2D eigenvalue weighted by Crippen LogP contribution is 2.16. The highest BCUT2D eigenvalue weighted by Gasteiger charge is 2.12. The van der Waals surface area contributed by atoms with Crippen molar-refractivity contribution in [3.8, 4) is 0 Å². The van der Waals surface area contributed by atoms with Gasteiger partial charge in [0.05, 0.1) is 5.60 Å². The third-order valence-electron chi connectivity index (χ3n) is 2.72. The fourth-order valence-electron chi connectivity index (χ4n) is 1.74. The van der Waals surface area contributed by atoms with Crippen LogP contribution in [0.1, 0.15) is 39.5 Å². The summed E-state index contributed by atoms with van der Waals surface area (Å²) in [5.41, 5.74) is -0.528. The summed E-state index contributed by atoms with van der Waals surface area (Å²) in [4.78, 5) is 0. The van der Waals surface area contributed by atoms with Crippen LogP contribution in [0.5, 0.6) is 0 Å². The van der Waals surface area contributed by atoms with Crippen LogP contribution in [0.25, 0.3) is 0 Å².